The Morgan fingerprint density at radius 2 is 2.06 bits per heavy atom. The van der Waals surface area contributed by atoms with Crippen molar-refractivity contribution in [3.05, 3.63) is 35.4 Å². The first-order valence-electron chi connectivity index (χ1n) is 6.61. The normalized spacial score (nSPS) is 20.4. The first kappa shape index (κ1) is 12.6. The molecule has 0 bridgehead atoms. The number of rotatable bonds is 4. The fourth-order valence-corrected chi connectivity index (χ4v) is 2.61. The van der Waals surface area contributed by atoms with Gasteiger partial charge in [0.05, 0.1) is 5.60 Å². The summed E-state index contributed by atoms with van der Waals surface area (Å²) in [5, 5.41) is 13.7. The zero-order valence-electron chi connectivity index (χ0n) is 10.9. The van der Waals surface area contributed by atoms with E-state index in [2.05, 4.69) is 43.4 Å². The third-order valence-corrected chi connectivity index (χ3v) is 3.81. The predicted octanol–water partition coefficient (Wildman–Crippen LogP) is 2.95. The summed E-state index contributed by atoms with van der Waals surface area (Å²) in [5.74, 6) is 0. The Morgan fingerprint density at radius 1 is 1.35 bits per heavy atom. The van der Waals surface area contributed by atoms with Gasteiger partial charge >= 0.3 is 0 Å². The van der Waals surface area contributed by atoms with E-state index in [9.17, 15) is 5.11 Å². The van der Waals surface area contributed by atoms with Crippen molar-refractivity contribution >= 4 is 0 Å². The monoisotopic (exact) mass is 233 g/mol. The average Bonchev–Trinajstić information content (AvgIpc) is 2.74. The SMILES string of the molecule is Cc1cccc(C(C)NCC2(O)CCCC2)c1. The van der Waals surface area contributed by atoms with Crippen LogP contribution in [0.15, 0.2) is 24.3 Å². The molecule has 2 nitrogen and oxygen atoms in total. The van der Waals surface area contributed by atoms with E-state index in [1.165, 1.54) is 11.1 Å². The molecule has 2 rings (SSSR count). The molecule has 0 radical (unpaired) electrons. The molecule has 2 N–H and O–H groups in total. The van der Waals surface area contributed by atoms with Gasteiger partial charge in [0.2, 0.25) is 0 Å². The Bertz CT molecular complexity index is 369. The molecule has 2 heteroatoms. The molecule has 1 aliphatic rings. The molecule has 94 valence electrons. The maximum absolute atomic E-state index is 10.3. The van der Waals surface area contributed by atoms with Gasteiger partial charge in [0.15, 0.2) is 0 Å². The van der Waals surface area contributed by atoms with Crippen molar-refractivity contribution in [1.82, 2.24) is 5.32 Å². The van der Waals surface area contributed by atoms with E-state index < -0.39 is 5.60 Å². The van der Waals surface area contributed by atoms with E-state index in [1.807, 2.05) is 0 Å². The number of benzene rings is 1. The highest BCUT2D eigenvalue weighted by Gasteiger charge is 2.30. The summed E-state index contributed by atoms with van der Waals surface area (Å²) >= 11 is 0. The molecule has 17 heavy (non-hydrogen) atoms. The highest BCUT2D eigenvalue weighted by Crippen LogP contribution is 2.29. The van der Waals surface area contributed by atoms with Gasteiger partial charge in [-0.05, 0) is 32.3 Å². The van der Waals surface area contributed by atoms with Gasteiger partial charge in [-0.2, -0.15) is 0 Å². The summed E-state index contributed by atoms with van der Waals surface area (Å²) in [6, 6.07) is 8.85. The summed E-state index contributed by atoms with van der Waals surface area (Å²) in [6.07, 6.45) is 4.22. The summed E-state index contributed by atoms with van der Waals surface area (Å²) in [6.45, 7) is 4.98. The molecule has 0 aromatic heterocycles. The third-order valence-electron chi connectivity index (χ3n) is 3.81. The summed E-state index contributed by atoms with van der Waals surface area (Å²) in [5.41, 5.74) is 2.13. The minimum Gasteiger partial charge on any atom is -0.389 e. The van der Waals surface area contributed by atoms with Gasteiger partial charge in [0, 0.05) is 12.6 Å². The van der Waals surface area contributed by atoms with Gasteiger partial charge in [0.1, 0.15) is 0 Å². The first-order chi connectivity index (χ1) is 8.09. The lowest BCUT2D eigenvalue weighted by Crippen LogP contribution is -2.39. The van der Waals surface area contributed by atoms with E-state index in [0.717, 1.165) is 25.7 Å². The molecule has 0 spiro atoms. The topological polar surface area (TPSA) is 32.3 Å². The highest BCUT2D eigenvalue weighted by atomic mass is 16.3. The van der Waals surface area contributed by atoms with Crippen molar-refractivity contribution in [3.63, 3.8) is 0 Å². The number of hydrogen-bond donors (Lipinski definition) is 2. The smallest absolute Gasteiger partial charge is 0.0771 e. The number of hydrogen-bond acceptors (Lipinski definition) is 2. The Balaban J connectivity index is 1.91. The minimum absolute atomic E-state index is 0.305. The van der Waals surface area contributed by atoms with E-state index >= 15 is 0 Å². The maximum atomic E-state index is 10.3. The van der Waals surface area contributed by atoms with Crippen molar-refractivity contribution in [1.29, 1.82) is 0 Å². The van der Waals surface area contributed by atoms with Crippen LogP contribution < -0.4 is 5.32 Å². The molecule has 0 amide bonds. The lowest BCUT2D eigenvalue weighted by molar-refractivity contribution is 0.0453. The van der Waals surface area contributed by atoms with Crippen LogP contribution in [0.1, 0.15) is 49.8 Å². The molecule has 1 atom stereocenters. The molecule has 1 fully saturated rings. The van der Waals surface area contributed by atoms with Crippen LogP contribution >= 0.6 is 0 Å². The van der Waals surface area contributed by atoms with Crippen LogP contribution in [0, 0.1) is 6.92 Å². The van der Waals surface area contributed by atoms with Crippen molar-refractivity contribution in [2.24, 2.45) is 0 Å². The number of aliphatic hydroxyl groups is 1. The summed E-state index contributed by atoms with van der Waals surface area (Å²) < 4.78 is 0. The molecule has 1 aromatic carbocycles. The van der Waals surface area contributed by atoms with Crippen molar-refractivity contribution in [2.45, 2.75) is 51.2 Å². The Morgan fingerprint density at radius 3 is 2.71 bits per heavy atom. The molecular formula is C15H23NO. The van der Waals surface area contributed by atoms with Crippen LogP contribution in [0.4, 0.5) is 0 Å². The molecular weight excluding hydrogens is 210 g/mol. The molecule has 0 aliphatic heterocycles. The van der Waals surface area contributed by atoms with Gasteiger partial charge in [-0.1, -0.05) is 42.7 Å². The van der Waals surface area contributed by atoms with Crippen LogP contribution in [0.2, 0.25) is 0 Å². The fraction of sp³-hybridized carbons (Fsp3) is 0.600. The van der Waals surface area contributed by atoms with Crippen LogP contribution in [0.3, 0.4) is 0 Å². The van der Waals surface area contributed by atoms with Gasteiger partial charge in [-0.25, -0.2) is 0 Å². The van der Waals surface area contributed by atoms with Gasteiger partial charge in [-0.3, -0.25) is 0 Å². The molecule has 1 saturated carbocycles. The minimum atomic E-state index is -0.460. The Kier molecular flexibility index (Phi) is 3.85. The zero-order chi connectivity index (χ0) is 12.3. The van der Waals surface area contributed by atoms with Crippen molar-refractivity contribution < 1.29 is 5.11 Å². The average molecular weight is 233 g/mol. The quantitative estimate of drug-likeness (QED) is 0.838. The lowest BCUT2D eigenvalue weighted by Gasteiger charge is -2.25. The second-order valence-corrected chi connectivity index (χ2v) is 5.45. The van der Waals surface area contributed by atoms with Crippen LogP contribution in [-0.4, -0.2) is 17.3 Å². The molecule has 1 aliphatic carbocycles. The lowest BCUT2D eigenvalue weighted by atomic mass is 10.0. The largest absolute Gasteiger partial charge is 0.389 e. The standard InChI is InChI=1S/C15H23NO/c1-12-6-5-7-14(10-12)13(2)16-11-15(17)8-3-4-9-15/h5-7,10,13,16-17H,3-4,8-9,11H2,1-2H3. The summed E-state index contributed by atoms with van der Waals surface area (Å²) in [7, 11) is 0. The number of nitrogens with one attached hydrogen (secondary N) is 1. The molecule has 1 unspecified atom stereocenters. The van der Waals surface area contributed by atoms with E-state index in [1.54, 1.807) is 0 Å². The molecule has 0 heterocycles. The highest BCUT2D eigenvalue weighted by molar-refractivity contribution is 5.24. The van der Waals surface area contributed by atoms with Gasteiger partial charge < -0.3 is 10.4 Å². The first-order valence-corrected chi connectivity index (χ1v) is 6.61. The van der Waals surface area contributed by atoms with E-state index in [0.29, 0.717) is 12.6 Å². The Labute approximate surface area is 104 Å². The van der Waals surface area contributed by atoms with Gasteiger partial charge in [-0.15, -0.1) is 0 Å². The van der Waals surface area contributed by atoms with E-state index in [-0.39, 0.29) is 0 Å². The van der Waals surface area contributed by atoms with Crippen LogP contribution in [0.5, 0.6) is 0 Å². The predicted molar refractivity (Wildman–Crippen MR) is 71.0 cm³/mol. The molecule has 0 saturated heterocycles. The number of aryl methyl sites for hydroxylation is 1. The molecule has 1 aromatic rings. The van der Waals surface area contributed by atoms with Crippen LogP contribution in [-0.2, 0) is 0 Å². The second-order valence-electron chi connectivity index (χ2n) is 5.45. The second kappa shape index (κ2) is 5.19. The fourth-order valence-electron chi connectivity index (χ4n) is 2.61. The maximum Gasteiger partial charge on any atom is 0.0771 e. The van der Waals surface area contributed by atoms with Crippen molar-refractivity contribution in [2.75, 3.05) is 6.54 Å². The third kappa shape index (κ3) is 3.30. The summed E-state index contributed by atoms with van der Waals surface area (Å²) in [4.78, 5) is 0. The van der Waals surface area contributed by atoms with Crippen molar-refractivity contribution in [3.8, 4) is 0 Å². The van der Waals surface area contributed by atoms with Gasteiger partial charge in [0.25, 0.3) is 0 Å². The van der Waals surface area contributed by atoms with Crippen LogP contribution in [0.25, 0.3) is 0 Å². The Hall–Kier alpha value is -0.860. The zero-order valence-corrected chi connectivity index (χ0v) is 10.9. The van der Waals surface area contributed by atoms with E-state index in [4.69, 9.17) is 0 Å².